The third kappa shape index (κ3) is 3.89. The minimum absolute atomic E-state index is 0.219. The van der Waals surface area contributed by atoms with Crippen LogP contribution in [0, 0.1) is 37.1 Å². The molecule has 154 valence electrons. The molecule has 0 heterocycles. The van der Waals surface area contributed by atoms with Crippen molar-refractivity contribution in [2.75, 3.05) is 10.6 Å². The second-order valence-electron chi connectivity index (χ2n) is 6.54. The average Bonchev–Trinajstić information content (AvgIpc) is 2.70. The van der Waals surface area contributed by atoms with Crippen LogP contribution in [0.4, 0.5) is 28.9 Å². The molecular formula is C22H16F4N2O2. The van der Waals surface area contributed by atoms with Crippen molar-refractivity contribution in [3.8, 4) is 0 Å². The molecule has 0 bridgehead atoms. The van der Waals surface area contributed by atoms with Gasteiger partial charge in [-0.25, -0.2) is 17.6 Å². The molecule has 3 aromatic carbocycles. The lowest BCUT2D eigenvalue weighted by Crippen LogP contribution is -2.24. The number of amides is 2. The maximum Gasteiger partial charge on any atom is 0.261 e. The van der Waals surface area contributed by atoms with Crippen LogP contribution in [-0.2, 0) is 0 Å². The maximum absolute atomic E-state index is 14.9. The van der Waals surface area contributed by atoms with Crippen LogP contribution < -0.4 is 10.6 Å². The normalized spacial score (nSPS) is 10.6. The Balaban J connectivity index is 2.04. The highest BCUT2D eigenvalue weighted by molar-refractivity contribution is 6.09. The Kier molecular flexibility index (Phi) is 5.86. The predicted molar refractivity (Wildman–Crippen MR) is 105 cm³/mol. The fraction of sp³-hybridized carbons (Fsp3) is 0.0909. The van der Waals surface area contributed by atoms with E-state index in [9.17, 15) is 27.2 Å². The van der Waals surface area contributed by atoms with E-state index < -0.39 is 46.2 Å². The third-order valence-electron chi connectivity index (χ3n) is 4.50. The Hall–Kier alpha value is -3.68. The number of hydrogen-bond donors (Lipinski definition) is 2. The van der Waals surface area contributed by atoms with Gasteiger partial charge in [0.15, 0.2) is 23.3 Å². The zero-order valence-corrected chi connectivity index (χ0v) is 15.9. The number of para-hydroxylation sites is 2. The lowest BCUT2D eigenvalue weighted by Gasteiger charge is -2.14. The van der Waals surface area contributed by atoms with E-state index in [1.807, 2.05) is 0 Å². The molecular weight excluding hydrogens is 400 g/mol. The van der Waals surface area contributed by atoms with E-state index in [1.54, 1.807) is 50.2 Å². The molecule has 2 amide bonds. The topological polar surface area (TPSA) is 58.2 Å². The summed E-state index contributed by atoms with van der Waals surface area (Å²) in [6.07, 6.45) is 0. The molecule has 0 aliphatic rings. The lowest BCUT2D eigenvalue weighted by molar-refractivity contribution is 0.101. The second kappa shape index (κ2) is 8.36. The van der Waals surface area contributed by atoms with Gasteiger partial charge in [-0.1, -0.05) is 36.4 Å². The number of anilines is 2. The molecule has 8 heteroatoms. The molecule has 0 radical (unpaired) electrons. The third-order valence-corrected chi connectivity index (χ3v) is 4.50. The Bertz CT molecular complexity index is 1080. The standard InChI is InChI=1S/C22H16F4N2O2/c1-11-7-3-5-9-13(11)27-21(29)15-17(23)16(19(25)20(26)18(15)24)22(30)28-14-10-6-4-8-12(14)2/h3-10H,1-2H3,(H,27,29)(H,28,30). The van der Waals surface area contributed by atoms with Gasteiger partial charge >= 0.3 is 0 Å². The van der Waals surface area contributed by atoms with E-state index >= 15 is 0 Å². The number of carbonyl (C=O) groups excluding carboxylic acids is 2. The summed E-state index contributed by atoms with van der Waals surface area (Å²) in [5, 5.41) is 4.48. The highest BCUT2D eigenvalue weighted by Crippen LogP contribution is 2.27. The highest BCUT2D eigenvalue weighted by atomic mass is 19.2. The van der Waals surface area contributed by atoms with E-state index in [0.717, 1.165) is 0 Å². The monoisotopic (exact) mass is 416 g/mol. The summed E-state index contributed by atoms with van der Waals surface area (Å²) < 4.78 is 57.6. The summed E-state index contributed by atoms with van der Waals surface area (Å²) in [4.78, 5) is 24.9. The number of rotatable bonds is 4. The molecule has 0 aliphatic carbocycles. The fourth-order valence-corrected chi connectivity index (χ4v) is 2.83. The number of carbonyl (C=O) groups is 2. The quantitative estimate of drug-likeness (QED) is 0.342. The van der Waals surface area contributed by atoms with Gasteiger partial charge < -0.3 is 10.6 Å². The summed E-state index contributed by atoms with van der Waals surface area (Å²) in [6, 6.07) is 12.7. The maximum atomic E-state index is 14.9. The van der Waals surface area contributed by atoms with E-state index in [4.69, 9.17) is 0 Å². The average molecular weight is 416 g/mol. The smallest absolute Gasteiger partial charge is 0.261 e. The van der Waals surface area contributed by atoms with Crippen molar-refractivity contribution in [1.29, 1.82) is 0 Å². The zero-order valence-electron chi connectivity index (χ0n) is 15.9. The molecule has 0 saturated carbocycles. The highest BCUT2D eigenvalue weighted by Gasteiger charge is 2.32. The van der Waals surface area contributed by atoms with Crippen LogP contribution in [0.25, 0.3) is 0 Å². The molecule has 0 saturated heterocycles. The van der Waals surface area contributed by atoms with E-state index in [-0.39, 0.29) is 11.4 Å². The summed E-state index contributed by atoms with van der Waals surface area (Å²) >= 11 is 0. The van der Waals surface area contributed by atoms with Crippen LogP contribution in [0.3, 0.4) is 0 Å². The Morgan fingerprint density at radius 2 is 0.967 bits per heavy atom. The summed E-state index contributed by atoms with van der Waals surface area (Å²) in [7, 11) is 0. The van der Waals surface area contributed by atoms with E-state index in [1.165, 1.54) is 12.1 Å². The van der Waals surface area contributed by atoms with Crippen LogP contribution in [0.2, 0.25) is 0 Å². The van der Waals surface area contributed by atoms with Gasteiger partial charge in [0.05, 0.1) is 0 Å². The first-order valence-corrected chi connectivity index (χ1v) is 8.82. The fourth-order valence-electron chi connectivity index (χ4n) is 2.83. The van der Waals surface area contributed by atoms with Crippen LogP contribution >= 0.6 is 0 Å². The molecule has 0 unspecified atom stereocenters. The number of aryl methyl sites for hydroxylation is 2. The number of halogens is 4. The summed E-state index contributed by atoms with van der Waals surface area (Å²) in [5.74, 6) is -10.7. The Morgan fingerprint density at radius 1 is 0.600 bits per heavy atom. The largest absolute Gasteiger partial charge is 0.322 e. The van der Waals surface area contributed by atoms with Crippen LogP contribution in [0.5, 0.6) is 0 Å². The van der Waals surface area contributed by atoms with Gasteiger partial charge in [-0.05, 0) is 37.1 Å². The predicted octanol–water partition coefficient (Wildman–Crippen LogP) is 5.36. The van der Waals surface area contributed by atoms with E-state index in [2.05, 4.69) is 10.6 Å². The molecule has 4 nitrogen and oxygen atoms in total. The number of nitrogens with one attached hydrogen (secondary N) is 2. The first kappa shape index (κ1) is 21.0. The van der Waals surface area contributed by atoms with Crippen molar-refractivity contribution >= 4 is 23.2 Å². The van der Waals surface area contributed by atoms with Crippen molar-refractivity contribution < 1.29 is 27.2 Å². The molecule has 0 atom stereocenters. The van der Waals surface area contributed by atoms with Gasteiger partial charge in [0.2, 0.25) is 0 Å². The van der Waals surface area contributed by atoms with Crippen LogP contribution in [-0.4, -0.2) is 11.8 Å². The minimum Gasteiger partial charge on any atom is -0.322 e. The minimum atomic E-state index is -2.12. The van der Waals surface area contributed by atoms with Gasteiger partial charge in [0.25, 0.3) is 11.8 Å². The SMILES string of the molecule is Cc1ccccc1NC(=O)c1c(F)c(F)c(F)c(C(=O)Nc2ccccc2C)c1F. The summed E-state index contributed by atoms with van der Waals surface area (Å²) in [5.41, 5.74) is -1.20. The number of benzene rings is 3. The first-order valence-electron chi connectivity index (χ1n) is 8.82. The molecule has 0 fully saturated rings. The molecule has 3 rings (SSSR count). The number of hydrogen-bond acceptors (Lipinski definition) is 2. The van der Waals surface area contributed by atoms with Gasteiger partial charge in [0, 0.05) is 11.4 Å². The van der Waals surface area contributed by atoms with Crippen molar-refractivity contribution in [3.05, 3.63) is 94.1 Å². The van der Waals surface area contributed by atoms with Gasteiger partial charge in [-0.15, -0.1) is 0 Å². The molecule has 0 aromatic heterocycles. The van der Waals surface area contributed by atoms with Crippen molar-refractivity contribution in [3.63, 3.8) is 0 Å². The molecule has 30 heavy (non-hydrogen) atoms. The van der Waals surface area contributed by atoms with Crippen LogP contribution in [0.1, 0.15) is 31.8 Å². The Labute approximate surface area is 169 Å². The molecule has 0 aliphatic heterocycles. The van der Waals surface area contributed by atoms with Crippen molar-refractivity contribution in [2.45, 2.75) is 13.8 Å². The van der Waals surface area contributed by atoms with Gasteiger partial charge in [-0.3, -0.25) is 9.59 Å². The van der Waals surface area contributed by atoms with Gasteiger partial charge in [-0.2, -0.15) is 0 Å². The van der Waals surface area contributed by atoms with E-state index in [0.29, 0.717) is 11.1 Å². The van der Waals surface area contributed by atoms with Crippen molar-refractivity contribution in [2.24, 2.45) is 0 Å². The van der Waals surface area contributed by atoms with Crippen molar-refractivity contribution in [1.82, 2.24) is 0 Å². The second-order valence-corrected chi connectivity index (χ2v) is 6.54. The lowest BCUT2D eigenvalue weighted by atomic mass is 10.0. The van der Waals surface area contributed by atoms with Gasteiger partial charge in [0.1, 0.15) is 11.1 Å². The Morgan fingerprint density at radius 3 is 1.33 bits per heavy atom. The first-order chi connectivity index (χ1) is 14.2. The van der Waals surface area contributed by atoms with Crippen LogP contribution in [0.15, 0.2) is 48.5 Å². The summed E-state index contributed by atoms with van der Waals surface area (Å²) in [6.45, 7) is 3.27. The molecule has 0 spiro atoms. The molecule has 3 aromatic rings. The molecule has 2 N–H and O–H groups in total. The zero-order chi connectivity index (χ0) is 22.0.